The van der Waals surface area contributed by atoms with E-state index in [4.69, 9.17) is 0 Å². The molecular weight excluding hydrogens is 355 g/mol. The van der Waals surface area contributed by atoms with Gasteiger partial charge in [0.25, 0.3) is 0 Å². The van der Waals surface area contributed by atoms with Gasteiger partial charge >= 0.3 is 6.18 Å². The summed E-state index contributed by atoms with van der Waals surface area (Å²) in [6.45, 7) is 0. The second kappa shape index (κ2) is 6.95. The molecule has 0 spiro atoms. The van der Waals surface area contributed by atoms with Crippen LogP contribution >= 0.6 is 0 Å². The average Bonchev–Trinajstić information content (AvgIpc) is 2.58. The lowest BCUT2D eigenvalue weighted by atomic mass is 10.2. The van der Waals surface area contributed by atoms with Crippen LogP contribution < -0.4 is 10.6 Å². The first-order valence-corrected chi connectivity index (χ1v) is 7.31. The number of anilines is 4. The van der Waals surface area contributed by atoms with Gasteiger partial charge in [-0.05, 0) is 42.5 Å². The van der Waals surface area contributed by atoms with Gasteiger partial charge in [-0.15, -0.1) is 0 Å². The van der Waals surface area contributed by atoms with Crippen LogP contribution in [0.4, 0.5) is 45.1 Å². The maximum atomic E-state index is 13.7. The highest BCUT2D eigenvalue weighted by atomic mass is 19.4. The quantitative estimate of drug-likeness (QED) is 0.619. The van der Waals surface area contributed by atoms with Crippen molar-refractivity contribution in [1.82, 2.24) is 9.97 Å². The topological polar surface area (TPSA) is 49.8 Å². The molecule has 3 aromatic rings. The summed E-state index contributed by atoms with van der Waals surface area (Å²) in [5.74, 6) is -1.42. The molecule has 0 aliphatic carbocycles. The van der Waals surface area contributed by atoms with Crippen molar-refractivity contribution in [3.8, 4) is 0 Å². The fraction of sp³-hybridized carbons (Fsp3) is 0.0588. The van der Waals surface area contributed by atoms with Gasteiger partial charge < -0.3 is 10.6 Å². The Balaban J connectivity index is 1.77. The molecule has 3 rings (SSSR count). The molecule has 0 aliphatic rings. The van der Waals surface area contributed by atoms with Crippen LogP contribution in [0, 0.1) is 11.6 Å². The van der Waals surface area contributed by atoms with Crippen molar-refractivity contribution in [2.45, 2.75) is 6.18 Å². The van der Waals surface area contributed by atoms with Gasteiger partial charge in [-0.2, -0.15) is 18.2 Å². The number of aromatic nitrogens is 2. The van der Waals surface area contributed by atoms with Crippen molar-refractivity contribution < 1.29 is 22.0 Å². The zero-order chi connectivity index (χ0) is 18.7. The Labute approximate surface area is 144 Å². The largest absolute Gasteiger partial charge is 0.416 e. The van der Waals surface area contributed by atoms with E-state index in [0.717, 1.165) is 24.3 Å². The normalized spacial score (nSPS) is 11.3. The van der Waals surface area contributed by atoms with Crippen LogP contribution in [-0.4, -0.2) is 9.97 Å². The third kappa shape index (κ3) is 4.05. The molecule has 26 heavy (non-hydrogen) atoms. The summed E-state index contributed by atoms with van der Waals surface area (Å²) in [5, 5.41) is 5.23. The van der Waals surface area contributed by atoms with Gasteiger partial charge in [-0.1, -0.05) is 6.07 Å². The van der Waals surface area contributed by atoms with Crippen LogP contribution in [-0.2, 0) is 6.18 Å². The van der Waals surface area contributed by atoms with Crippen molar-refractivity contribution in [3.05, 3.63) is 71.9 Å². The lowest BCUT2D eigenvalue weighted by Gasteiger charge is -2.11. The molecule has 134 valence electrons. The number of rotatable bonds is 4. The zero-order valence-corrected chi connectivity index (χ0v) is 13.0. The summed E-state index contributed by atoms with van der Waals surface area (Å²) in [6, 6.07) is 9.09. The highest BCUT2D eigenvalue weighted by molar-refractivity contribution is 5.60. The second-order valence-electron chi connectivity index (χ2n) is 5.19. The van der Waals surface area contributed by atoms with Gasteiger partial charge in [0, 0.05) is 11.9 Å². The fourth-order valence-corrected chi connectivity index (χ4v) is 2.11. The summed E-state index contributed by atoms with van der Waals surface area (Å²) in [7, 11) is 0. The molecule has 0 saturated heterocycles. The molecular formula is C17H11F5N4. The Morgan fingerprint density at radius 2 is 1.46 bits per heavy atom. The Morgan fingerprint density at radius 3 is 2.08 bits per heavy atom. The number of para-hydroxylation sites is 1. The van der Waals surface area contributed by atoms with E-state index >= 15 is 0 Å². The second-order valence-corrected chi connectivity index (χ2v) is 5.19. The fourth-order valence-electron chi connectivity index (χ4n) is 2.11. The Bertz CT molecular complexity index is 890. The van der Waals surface area contributed by atoms with Crippen molar-refractivity contribution in [2.75, 3.05) is 10.6 Å². The maximum absolute atomic E-state index is 13.7. The zero-order valence-electron chi connectivity index (χ0n) is 13.0. The van der Waals surface area contributed by atoms with E-state index in [9.17, 15) is 22.0 Å². The summed E-state index contributed by atoms with van der Waals surface area (Å²) < 4.78 is 65.0. The Morgan fingerprint density at radius 1 is 0.808 bits per heavy atom. The molecule has 0 bridgehead atoms. The number of benzene rings is 2. The third-order valence-electron chi connectivity index (χ3n) is 3.34. The molecule has 0 atom stereocenters. The van der Waals surface area contributed by atoms with Crippen molar-refractivity contribution in [3.63, 3.8) is 0 Å². The molecule has 0 aliphatic heterocycles. The van der Waals surface area contributed by atoms with Crippen LogP contribution in [0.3, 0.4) is 0 Å². The smallest absolute Gasteiger partial charge is 0.335 e. The SMILES string of the molecule is Fc1cccc(F)c1Nc1ccnc(Nc2ccc(C(F)(F)F)cc2)n1. The lowest BCUT2D eigenvalue weighted by molar-refractivity contribution is -0.137. The third-order valence-corrected chi connectivity index (χ3v) is 3.34. The predicted molar refractivity (Wildman–Crippen MR) is 86.4 cm³/mol. The van der Waals surface area contributed by atoms with Gasteiger partial charge in [-0.25, -0.2) is 13.8 Å². The molecule has 0 amide bonds. The molecule has 0 radical (unpaired) electrons. The van der Waals surface area contributed by atoms with Crippen LogP contribution in [0.2, 0.25) is 0 Å². The van der Waals surface area contributed by atoms with E-state index in [0.29, 0.717) is 5.69 Å². The van der Waals surface area contributed by atoms with E-state index in [1.54, 1.807) is 0 Å². The molecule has 9 heteroatoms. The van der Waals surface area contributed by atoms with Crippen LogP contribution in [0.25, 0.3) is 0 Å². The number of hydrogen-bond acceptors (Lipinski definition) is 4. The standard InChI is InChI=1S/C17H11F5N4/c18-12-2-1-3-13(19)15(12)25-14-8-9-23-16(26-14)24-11-6-4-10(5-7-11)17(20,21)22/h1-9H,(H2,23,24,25,26). The highest BCUT2D eigenvalue weighted by Crippen LogP contribution is 2.30. The van der Waals surface area contributed by atoms with Gasteiger partial charge in [0.05, 0.1) is 5.56 Å². The molecule has 2 N–H and O–H groups in total. The van der Waals surface area contributed by atoms with Crippen molar-refractivity contribution in [2.24, 2.45) is 0 Å². The lowest BCUT2D eigenvalue weighted by Crippen LogP contribution is -2.05. The molecule has 1 aromatic heterocycles. The Kier molecular flexibility index (Phi) is 4.70. The van der Waals surface area contributed by atoms with Gasteiger partial charge in [0.1, 0.15) is 23.1 Å². The average molecular weight is 366 g/mol. The first kappa shape index (κ1) is 17.6. The first-order valence-electron chi connectivity index (χ1n) is 7.31. The molecule has 4 nitrogen and oxygen atoms in total. The van der Waals surface area contributed by atoms with Gasteiger partial charge in [-0.3, -0.25) is 0 Å². The minimum Gasteiger partial charge on any atom is -0.335 e. The minimum absolute atomic E-state index is 0.0477. The first-order chi connectivity index (χ1) is 12.3. The monoisotopic (exact) mass is 366 g/mol. The minimum atomic E-state index is -4.43. The molecule has 0 fully saturated rings. The van der Waals surface area contributed by atoms with E-state index in [-0.39, 0.29) is 17.5 Å². The van der Waals surface area contributed by atoms with Gasteiger partial charge in [0.2, 0.25) is 5.95 Å². The molecule has 0 unspecified atom stereocenters. The van der Waals surface area contributed by atoms with Crippen molar-refractivity contribution in [1.29, 1.82) is 0 Å². The molecule has 2 aromatic carbocycles. The number of alkyl halides is 3. The summed E-state index contributed by atoms with van der Waals surface area (Å²) in [5.41, 5.74) is -0.826. The summed E-state index contributed by atoms with van der Waals surface area (Å²) in [4.78, 5) is 7.95. The van der Waals surface area contributed by atoms with Crippen LogP contribution in [0.15, 0.2) is 54.7 Å². The van der Waals surface area contributed by atoms with Crippen LogP contribution in [0.5, 0.6) is 0 Å². The van der Waals surface area contributed by atoms with Gasteiger partial charge in [0.15, 0.2) is 0 Å². The van der Waals surface area contributed by atoms with E-state index in [2.05, 4.69) is 20.6 Å². The predicted octanol–water partition coefficient (Wildman–Crippen LogP) is 5.26. The molecule has 1 heterocycles. The summed E-state index contributed by atoms with van der Waals surface area (Å²) >= 11 is 0. The van der Waals surface area contributed by atoms with E-state index in [1.807, 2.05) is 0 Å². The summed E-state index contributed by atoms with van der Waals surface area (Å²) in [6.07, 6.45) is -3.09. The Hall–Kier alpha value is -3.23. The van der Waals surface area contributed by atoms with Crippen molar-refractivity contribution >= 4 is 23.1 Å². The maximum Gasteiger partial charge on any atom is 0.416 e. The van der Waals surface area contributed by atoms with E-state index < -0.39 is 23.4 Å². The number of halogens is 5. The number of nitrogens with zero attached hydrogens (tertiary/aromatic N) is 2. The molecule has 0 saturated carbocycles. The van der Waals surface area contributed by atoms with E-state index in [1.165, 1.54) is 30.5 Å². The van der Waals surface area contributed by atoms with Crippen LogP contribution in [0.1, 0.15) is 5.56 Å². The number of hydrogen-bond donors (Lipinski definition) is 2. The highest BCUT2D eigenvalue weighted by Gasteiger charge is 2.29. The number of nitrogens with one attached hydrogen (secondary N) is 2.